The Kier molecular flexibility index (Phi) is 3.85. The van der Waals surface area contributed by atoms with Crippen molar-refractivity contribution in [3.8, 4) is 11.7 Å². The summed E-state index contributed by atoms with van der Waals surface area (Å²) in [6.45, 7) is 7.65. The van der Waals surface area contributed by atoms with Gasteiger partial charge >= 0.3 is 5.69 Å². The molecule has 0 bridgehead atoms. The molecule has 0 aliphatic carbocycles. The summed E-state index contributed by atoms with van der Waals surface area (Å²) in [6.07, 6.45) is 3.60. The van der Waals surface area contributed by atoms with Gasteiger partial charge in [-0.1, -0.05) is 6.07 Å². The van der Waals surface area contributed by atoms with E-state index in [-0.39, 0.29) is 5.69 Å². The third-order valence-electron chi connectivity index (χ3n) is 5.61. The van der Waals surface area contributed by atoms with Gasteiger partial charge in [0, 0.05) is 12.0 Å². The Hall–Kier alpha value is -4.52. The maximum Gasteiger partial charge on any atom is 0.328 e. The Labute approximate surface area is 179 Å². The van der Waals surface area contributed by atoms with Gasteiger partial charge in [-0.15, -0.1) is 0 Å². The molecule has 10 heteroatoms. The highest BCUT2D eigenvalue weighted by Crippen LogP contribution is 2.35. The zero-order valence-corrected chi connectivity index (χ0v) is 16.5. The molecule has 0 amide bonds. The smallest absolute Gasteiger partial charge is 0.328 e. The molecular formula is C22H14FN7O2. The summed E-state index contributed by atoms with van der Waals surface area (Å²) in [5, 5.41) is 0. The highest BCUT2D eigenvalue weighted by molar-refractivity contribution is 5.81. The van der Waals surface area contributed by atoms with Crippen molar-refractivity contribution >= 4 is 27.9 Å². The van der Waals surface area contributed by atoms with E-state index in [1.165, 1.54) is 22.9 Å². The van der Waals surface area contributed by atoms with Crippen molar-refractivity contribution in [2.75, 3.05) is 6.61 Å². The van der Waals surface area contributed by atoms with E-state index in [2.05, 4.69) is 24.8 Å². The lowest BCUT2D eigenvalue weighted by molar-refractivity contribution is 0.255. The van der Waals surface area contributed by atoms with Crippen molar-refractivity contribution in [3.63, 3.8) is 0 Å². The fraction of sp³-hybridized carbons (Fsp3) is 0.136. The third kappa shape index (κ3) is 2.68. The number of aromatic amines is 1. The summed E-state index contributed by atoms with van der Waals surface area (Å²) in [5.74, 6) is 0.454. The maximum atomic E-state index is 14.0. The summed E-state index contributed by atoms with van der Waals surface area (Å²) in [5.41, 5.74) is 2.94. The molecule has 0 radical (unpaired) electrons. The van der Waals surface area contributed by atoms with Gasteiger partial charge in [-0.2, -0.15) is 4.98 Å². The van der Waals surface area contributed by atoms with Gasteiger partial charge < -0.3 is 9.72 Å². The minimum absolute atomic E-state index is 0.307. The van der Waals surface area contributed by atoms with Gasteiger partial charge in [0.1, 0.15) is 23.4 Å². The van der Waals surface area contributed by atoms with Crippen LogP contribution in [0.3, 0.4) is 0 Å². The third-order valence-corrected chi connectivity index (χ3v) is 5.61. The van der Waals surface area contributed by atoms with Crippen LogP contribution in [0.25, 0.3) is 33.0 Å². The largest absolute Gasteiger partial charge is 0.493 e. The fourth-order valence-electron chi connectivity index (χ4n) is 4.15. The predicted molar refractivity (Wildman–Crippen MR) is 114 cm³/mol. The molecule has 9 nitrogen and oxygen atoms in total. The molecular weight excluding hydrogens is 413 g/mol. The molecule has 4 heterocycles. The number of hydrogen-bond donors (Lipinski definition) is 1. The van der Waals surface area contributed by atoms with Crippen LogP contribution < -0.4 is 10.4 Å². The summed E-state index contributed by atoms with van der Waals surface area (Å²) in [6, 6.07) is 9.03. The van der Waals surface area contributed by atoms with Crippen LogP contribution in [-0.2, 0) is 0 Å². The second kappa shape index (κ2) is 6.75. The predicted octanol–water partition coefficient (Wildman–Crippen LogP) is 3.52. The van der Waals surface area contributed by atoms with Crippen molar-refractivity contribution in [3.05, 3.63) is 82.2 Å². The lowest BCUT2D eigenvalue weighted by atomic mass is 10.00. The van der Waals surface area contributed by atoms with E-state index < -0.39 is 11.9 Å². The maximum absolute atomic E-state index is 14.0. The standard InChI is InChI=1S/C22H14FN7O2/c1-24-13-3-4-15-18(9-13)29(11-26-15)21-25-10-16-20(28-21)30(22(31)27-16)17-6-7-32-19-5-2-12(23)8-14(17)19/h2-5,8-11,17H,6-7H2,(H,27,31)/t17-/m1/s1. The lowest BCUT2D eigenvalue weighted by Gasteiger charge is -2.26. The quantitative estimate of drug-likeness (QED) is 0.435. The number of ether oxygens (including phenoxy) is 1. The van der Waals surface area contributed by atoms with Gasteiger partial charge in [0.2, 0.25) is 5.95 Å². The summed E-state index contributed by atoms with van der Waals surface area (Å²) < 4.78 is 22.8. The summed E-state index contributed by atoms with van der Waals surface area (Å²) in [4.78, 5) is 32.5. The van der Waals surface area contributed by atoms with Crippen LogP contribution >= 0.6 is 0 Å². The molecule has 32 heavy (non-hydrogen) atoms. The van der Waals surface area contributed by atoms with Crippen molar-refractivity contribution in [2.24, 2.45) is 0 Å². The molecule has 1 atom stereocenters. The molecule has 0 saturated heterocycles. The number of aromatic nitrogens is 6. The van der Waals surface area contributed by atoms with E-state index in [9.17, 15) is 9.18 Å². The van der Waals surface area contributed by atoms with E-state index >= 15 is 0 Å². The van der Waals surface area contributed by atoms with Gasteiger partial charge in [0.05, 0.1) is 36.5 Å². The second-order valence-corrected chi connectivity index (χ2v) is 7.44. The fourth-order valence-corrected chi connectivity index (χ4v) is 4.15. The summed E-state index contributed by atoms with van der Waals surface area (Å²) in [7, 11) is 0. The zero-order valence-electron chi connectivity index (χ0n) is 16.5. The van der Waals surface area contributed by atoms with E-state index in [0.717, 1.165) is 0 Å². The summed E-state index contributed by atoms with van der Waals surface area (Å²) >= 11 is 0. The first kappa shape index (κ1) is 18.3. The molecule has 6 rings (SSSR count). The first-order chi connectivity index (χ1) is 15.6. The molecule has 1 aliphatic rings. The van der Waals surface area contributed by atoms with Crippen LogP contribution in [-0.4, -0.2) is 35.7 Å². The monoisotopic (exact) mass is 427 g/mol. The van der Waals surface area contributed by atoms with Crippen LogP contribution in [0.5, 0.6) is 5.75 Å². The van der Waals surface area contributed by atoms with E-state index in [0.29, 0.717) is 58.2 Å². The zero-order chi connectivity index (χ0) is 21.8. The van der Waals surface area contributed by atoms with Gasteiger partial charge in [0.15, 0.2) is 11.3 Å². The minimum atomic E-state index is -0.438. The normalized spacial score (nSPS) is 15.4. The Bertz CT molecular complexity index is 1630. The first-order valence-corrected chi connectivity index (χ1v) is 9.87. The van der Waals surface area contributed by atoms with E-state index in [1.54, 1.807) is 35.2 Å². The van der Waals surface area contributed by atoms with Gasteiger partial charge in [0.25, 0.3) is 0 Å². The van der Waals surface area contributed by atoms with E-state index in [4.69, 9.17) is 11.3 Å². The van der Waals surface area contributed by atoms with Crippen LogP contribution in [0.2, 0.25) is 0 Å². The molecule has 2 aromatic carbocycles. The Morgan fingerprint density at radius 2 is 2.12 bits per heavy atom. The number of nitrogens with zero attached hydrogens (tertiary/aromatic N) is 6. The lowest BCUT2D eigenvalue weighted by Crippen LogP contribution is -2.28. The average Bonchev–Trinajstić information content (AvgIpc) is 3.37. The number of benzene rings is 2. The molecule has 5 aromatic rings. The molecule has 0 unspecified atom stereocenters. The number of rotatable bonds is 2. The second-order valence-electron chi connectivity index (χ2n) is 7.44. The van der Waals surface area contributed by atoms with Crippen LogP contribution in [0.4, 0.5) is 10.1 Å². The van der Waals surface area contributed by atoms with Crippen molar-refractivity contribution < 1.29 is 9.13 Å². The number of fused-ring (bicyclic) bond motifs is 3. The molecule has 0 saturated carbocycles. The number of halogens is 1. The van der Waals surface area contributed by atoms with E-state index in [1.807, 2.05) is 0 Å². The molecule has 3 aromatic heterocycles. The van der Waals surface area contributed by atoms with Gasteiger partial charge in [-0.25, -0.2) is 24.0 Å². The molecule has 0 spiro atoms. The Balaban J connectivity index is 1.55. The number of imidazole rings is 2. The Morgan fingerprint density at radius 1 is 1.22 bits per heavy atom. The number of hydrogen-bond acceptors (Lipinski definition) is 5. The topological polar surface area (TPSA) is 95.0 Å². The van der Waals surface area contributed by atoms with Crippen molar-refractivity contribution in [1.82, 2.24) is 29.1 Å². The molecule has 1 N–H and O–H groups in total. The SMILES string of the molecule is [C-]#[N+]c1ccc2ncn(-c3ncc4[nH]c(=O)n([C@@H]5CCOc6ccc(F)cc65)c4n3)c2c1. The van der Waals surface area contributed by atoms with Crippen molar-refractivity contribution in [2.45, 2.75) is 12.5 Å². The average molecular weight is 427 g/mol. The van der Waals surface area contributed by atoms with Crippen LogP contribution in [0, 0.1) is 12.4 Å². The first-order valence-electron chi connectivity index (χ1n) is 9.87. The highest BCUT2D eigenvalue weighted by atomic mass is 19.1. The highest BCUT2D eigenvalue weighted by Gasteiger charge is 2.27. The van der Waals surface area contributed by atoms with Gasteiger partial charge in [-0.05, 0) is 30.3 Å². The molecule has 156 valence electrons. The van der Waals surface area contributed by atoms with Gasteiger partial charge in [-0.3, -0.25) is 9.13 Å². The molecule has 0 fully saturated rings. The number of nitrogens with one attached hydrogen (secondary N) is 1. The van der Waals surface area contributed by atoms with Crippen LogP contribution in [0.15, 0.2) is 53.7 Å². The Morgan fingerprint density at radius 3 is 3.00 bits per heavy atom. The number of H-pyrrole nitrogens is 1. The van der Waals surface area contributed by atoms with Crippen LogP contribution in [0.1, 0.15) is 18.0 Å². The molecule has 1 aliphatic heterocycles. The minimum Gasteiger partial charge on any atom is -0.493 e. The van der Waals surface area contributed by atoms with Crippen molar-refractivity contribution in [1.29, 1.82) is 0 Å².